The van der Waals surface area contributed by atoms with Crippen molar-refractivity contribution < 1.29 is 28.8 Å². The number of fused-ring (bicyclic) bond motifs is 3. The van der Waals surface area contributed by atoms with Crippen molar-refractivity contribution in [1.82, 2.24) is 4.57 Å². The van der Waals surface area contributed by atoms with Crippen molar-refractivity contribution in [2.75, 3.05) is 40.6 Å². The van der Waals surface area contributed by atoms with E-state index in [1.807, 2.05) is 26.0 Å². The lowest BCUT2D eigenvalue weighted by atomic mass is 9.88. The zero-order valence-corrected chi connectivity index (χ0v) is 21.1. The van der Waals surface area contributed by atoms with Gasteiger partial charge in [0.05, 0.1) is 38.0 Å². The average molecular weight is 476 g/mol. The monoisotopic (exact) mass is 475 g/mol. The summed E-state index contributed by atoms with van der Waals surface area (Å²) in [4.78, 5) is 23.5. The van der Waals surface area contributed by atoms with Crippen molar-refractivity contribution in [3.8, 4) is 22.8 Å². The van der Waals surface area contributed by atoms with Gasteiger partial charge in [0.25, 0.3) is 0 Å². The molecular weight excluding hydrogens is 438 g/mol. The summed E-state index contributed by atoms with van der Waals surface area (Å²) in [6.07, 6.45) is 3.35. The Bertz CT molecular complexity index is 1020. The quantitative estimate of drug-likeness (QED) is 0.639. The molecule has 0 aliphatic carbocycles. The maximum absolute atomic E-state index is 12.2. The van der Waals surface area contributed by atoms with E-state index in [1.54, 1.807) is 18.8 Å². The Morgan fingerprint density at radius 1 is 1.12 bits per heavy atom. The number of pyridine rings is 1. The molecule has 1 aromatic heterocycles. The van der Waals surface area contributed by atoms with Crippen LogP contribution in [-0.4, -0.2) is 56.3 Å². The van der Waals surface area contributed by atoms with Crippen LogP contribution in [-0.2, 0) is 22.4 Å². The minimum Gasteiger partial charge on any atom is -0.493 e. The highest BCUT2D eigenvalue weighted by Crippen LogP contribution is 2.39. The maximum atomic E-state index is 12.2. The molecule has 1 fully saturated rings. The van der Waals surface area contributed by atoms with Gasteiger partial charge in [0.2, 0.25) is 0 Å². The first kappa shape index (κ1) is 27.4. The molecule has 2 aliphatic rings. The summed E-state index contributed by atoms with van der Waals surface area (Å²) in [5.41, 5.74) is 1.65. The number of methoxy groups -OCH3 is 2. The molecule has 1 saturated heterocycles. The second-order valence-corrected chi connectivity index (χ2v) is 8.27. The summed E-state index contributed by atoms with van der Waals surface area (Å²) in [7, 11) is 3.23. The van der Waals surface area contributed by atoms with Gasteiger partial charge in [-0.3, -0.25) is 4.79 Å². The van der Waals surface area contributed by atoms with Crippen molar-refractivity contribution in [1.29, 1.82) is 0 Å². The molecular formula is C26H37NO7. The first-order chi connectivity index (χ1) is 16.4. The number of hydrogen-bond acceptors (Lipinski definition) is 6. The number of ether oxygens (including phenoxy) is 4. The summed E-state index contributed by atoms with van der Waals surface area (Å²) in [5, 5.41) is 9.20. The van der Waals surface area contributed by atoms with E-state index < -0.39 is 11.4 Å². The van der Waals surface area contributed by atoms with Crippen molar-refractivity contribution in [3.63, 3.8) is 0 Å². The highest BCUT2D eigenvalue weighted by Gasteiger charge is 2.40. The molecule has 0 unspecified atom stereocenters. The molecule has 0 saturated carbocycles. The Kier molecular flexibility index (Phi) is 10.1. The van der Waals surface area contributed by atoms with Gasteiger partial charge >= 0.3 is 5.97 Å². The lowest BCUT2D eigenvalue weighted by Crippen LogP contribution is -2.50. The van der Waals surface area contributed by atoms with Crippen LogP contribution in [0.4, 0.5) is 0 Å². The number of aromatic carboxylic acids is 1. The van der Waals surface area contributed by atoms with Gasteiger partial charge < -0.3 is 28.6 Å². The molecule has 3 heterocycles. The molecule has 8 nitrogen and oxygen atoms in total. The van der Waals surface area contributed by atoms with Crippen molar-refractivity contribution in [2.24, 2.45) is 5.41 Å². The van der Waals surface area contributed by atoms with E-state index in [0.29, 0.717) is 56.6 Å². The van der Waals surface area contributed by atoms with E-state index >= 15 is 0 Å². The second-order valence-electron chi connectivity index (χ2n) is 8.27. The number of carboxylic acid groups (broad SMARTS) is 1. The number of benzene rings is 1. The lowest BCUT2D eigenvalue weighted by molar-refractivity contribution is -0.159. The van der Waals surface area contributed by atoms with E-state index in [4.69, 9.17) is 18.9 Å². The molecule has 2 aliphatic heterocycles. The van der Waals surface area contributed by atoms with Crippen LogP contribution in [0.1, 0.15) is 50.0 Å². The van der Waals surface area contributed by atoms with Crippen LogP contribution in [0.2, 0.25) is 0 Å². The van der Waals surface area contributed by atoms with Crippen LogP contribution in [0.15, 0.2) is 29.2 Å². The summed E-state index contributed by atoms with van der Waals surface area (Å²) in [6, 6.07) is 5.16. The van der Waals surface area contributed by atoms with Crippen LogP contribution in [0, 0.1) is 5.41 Å². The van der Waals surface area contributed by atoms with Crippen LogP contribution < -0.4 is 14.9 Å². The number of hydrogen-bond donors (Lipinski definition) is 1. The van der Waals surface area contributed by atoms with Crippen LogP contribution in [0.25, 0.3) is 11.3 Å². The van der Waals surface area contributed by atoms with Gasteiger partial charge in [0, 0.05) is 31.5 Å². The first-order valence-electron chi connectivity index (χ1n) is 11.8. The highest BCUT2D eigenvalue weighted by molar-refractivity contribution is 5.87. The second kappa shape index (κ2) is 12.6. The third-order valence-corrected chi connectivity index (χ3v) is 5.45. The third kappa shape index (κ3) is 5.98. The van der Waals surface area contributed by atoms with E-state index in [0.717, 1.165) is 11.1 Å². The molecule has 1 aromatic carbocycles. The largest absolute Gasteiger partial charge is 0.493 e. The predicted octanol–water partition coefficient (Wildman–Crippen LogP) is 4.26. The van der Waals surface area contributed by atoms with Gasteiger partial charge in [-0.1, -0.05) is 34.1 Å². The topological polar surface area (TPSA) is 96.2 Å². The smallest absolute Gasteiger partial charge is 0.341 e. The molecule has 8 heteroatoms. The fourth-order valence-electron chi connectivity index (χ4n) is 3.85. The van der Waals surface area contributed by atoms with Gasteiger partial charge in [0.15, 0.2) is 16.9 Å². The van der Waals surface area contributed by atoms with Gasteiger partial charge in [-0.15, -0.1) is 0 Å². The summed E-state index contributed by atoms with van der Waals surface area (Å²) >= 11 is 0. The highest BCUT2D eigenvalue weighted by atomic mass is 16.5. The Labute approximate surface area is 201 Å². The maximum Gasteiger partial charge on any atom is 0.341 e. The molecule has 4 rings (SSSR count). The lowest BCUT2D eigenvalue weighted by Gasteiger charge is -2.40. The Morgan fingerprint density at radius 2 is 1.79 bits per heavy atom. The van der Waals surface area contributed by atoms with Gasteiger partial charge in [-0.05, 0) is 24.1 Å². The molecule has 0 atom stereocenters. The van der Waals surface area contributed by atoms with Crippen molar-refractivity contribution in [2.45, 2.75) is 47.1 Å². The Morgan fingerprint density at radius 3 is 2.32 bits per heavy atom. The molecule has 2 aromatic rings. The Balaban J connectivity index is 0.000000758. The van der Waals surface area contributed by atoms with Crippen molar-refractivity contribution >= 4 is 5.97 Å². The van der Waals surface area contributed by atoms with E-state index in [1.165, 1.54) is 18.7 Å². The fraction of sp³-hybridized carbons (Fsp3) is 0.538. The minimum absolute atomic E-state index is 0.150. The van der Waals surface area contributed by atoms with Crippen molar-refractivity contribution in [3.05, 3.63) is 45.7 Å². The van der Waals surface area contributed by atoms with Gasteiger partial charge in [0.1, 0.15) is 12.2 Å². The van der Waals surface area contributed by atoms with Crippen LogP contribution >= 0.6 is 0 Å². The molecule has 0 radical (unpaired) electrons. The van der Waals surface area contributed by atoms with Crippen LogP contribution in [0.5, 0.6) is 11.5 Å². The zero-order valence-electron chi connectivity index (χ0n) is 21.1. The van der Waals surface area contributed by atoms with Gasteiger partial charge in [-0.25, -0.2) is 4.79 Å². The minimum atomic E-state index is -1.22. The Hall–Kier alpha value is -2.84. The first-order valence-corrected chi connectivity index (χ1v) is 11.8. The number of carbonyl (C=O) groups is 1. The average Bonchev–Trinajstić information content (AvgIpc) is 2.81. The third-order valence-electron chi connectivity index (χ3n) is 5.45. The molecule has 1 N–H and O–H groups in total. The molecule has 188 valence electrons. The van der Waals surface area contributed by atoms with E-state index in [-0.39, 0.29) is 11.0 Å². The number of carboxylic acids is 1. The zero-order chi connectivity index (χ0) is 25.3. The summed E-state index contributed by atoms with van der Waals surface area (Å²) in [5.74, 6) is -0.0336. The number of aryl methyl sites for hydroxylation is 2. The summed E-state index contributed by atoms with van der Waals surface area (Å²) < 4.78 is 24.0. The predicted molar refractivity (Wildman–Crippen MR) is 131 cm³/mol. The number of nitrogens with zero attached hydrogens (tertiary/aromatic N) is 1. The summed E-state index contributed by atoms with van der Waals surface area (Å²) in [6.45, 7) is 11.0. The number of aromatic nitrogens is 1. The molecule has 0 spiro atoms. The number of rotatable bonds is 7. The van der Waals surface area contributed by atoms with E-state index in [2.05, 4.69) is 13.8 Å². The van der Waals surface area contributed by atoms with Crippen LogP contribution in [0.3, 0.4) is 0 Å². The van der Waals surface area contributed by atoms with Gasteiger partial charge in [-0.2, -0.15) is 0 Å². The van der Waals surface area contributed by atoms with E-state index in [9.17, 15) is 14.7 Å². The molecule has 34 heavy (non-hydrogen) atoms. The molecule has 0 bridgehead atoms. The molecule has 0 amide bonds. The normalized spacial score (nSPS) is 14.6. The standard InChI is InChI=1S/C21H23NO7.C3H8.C2H6/c1-26-9-21(10-28-11-21)12-29-19-5-13-3-4-22-8-15(20(24)25)17(23)7-16(22)14(13)6-18(19)27-2;1-3-2;1-2/h5-8H,3-4,9-12H2,1-2H3,(H,24,25);3H2,1-2H3;1-2H3. The SMILES string of the molecule is CC.CCC.COCC1(COc2cc3c(cc2OC)-c2cc(=O)c(C(=O)O)cn2CC3)COC1. The fourth-order valence-corrected chi connectivity index (χ4v) is 3.85.